The summed E-state index contributed by atoms with van der Waals surface area (Å²) in [5, 5.41) is 25.0. The van der Waals surface area contributed by atoms with Crippen LogP contribution in [0.5, 0.6) is 17.2 Å². The van der Waals surface area contributed by atoms with Crippen molar-refractivity contribution in [2.24, 2.45) is 0 Å². The van der Waals surface area contributed by atoms with Gasteiger partial charge in [0.05, 0.1) is 24.7 Å². The van der Waals surface area contributed by atoms with Crippen LogP contribution in [0.1, 0.15) is 13.8 Å². The second-order valence-electron chi connectivity index (χ2n) is 9.04. The van der Waals surface area contributed by atoms with Crippen LogP contribution in [0.3, 0.4) is 0 Å². The number of phenols is 2. The van der Waals surface area contributed by atoms with Crippen molar-refractivity contribution in [1.29, 1.82) is 0 Å². The van der Waals surface area contributed by atoms with Gasteiger partial charge in [-0.2, -0.15) is 0 Å². The van der Waals surface area contributed by atoms with Crippen LogP contribution in [0.15, 0.2) is 73.2 Å². The molecule has 6 rings (SSSR count). The number of halogens is 4. The van der Waals surface area contributed by atoms with Gasteiger partial charge in [-0.25, -0.2) is 0 Å². The van der Waals surface area contributed by atoms with Gasteiger partial charge in [0.1, 0.15) is 28.0 Å². The van der Waals surface area contributed by atoms with Gasteiger partial charge < -0.3 is 20.4 Å². The van der Waals surface area contributed by atoms with Gasteiger partial charge in [-0.05, 0) is 91.0 Å². The highest BCUT2D eigenvalue weighted by Gasteiger charge is 2.19. The number of rotatable bonds is 3. The molecule has 0 bridgehead atoms. The highest BCUT2D eigenvalue weighted by Crippen LogP contribution is 2.45. The standard InChI is InChI=1S/C18H10Cl2N2O2.C12H11ClINO.H2O/c19-13-7-11(17(23)15-9(13)3-1-5-21-15)12-8-14(20)10-4-2-6-22-16(10)18(12)24;1-7(2)16-12-10(14)6-9(13)8-4-3-5-15-11(8)12;/h1-8,23-24H;3-7H,1-2H3;1H2. The number of aromatic nitrogens is 3. The number of phenolic OH excluding ortho intramolecular Hbond substituents is 2. The molecule has 0 unspecified atom stereocenters. The van der Waals surface area contributed by atoms with E-state index in [4.69, 9.17) is 39.5 Å². The minimum Gasteiger partial charge on any atom is -0.505 e. The fourth-order valence-electron chi connectivity index (χ4n) is 4.28. The van der Waals surface area contributed by atoms with Crippen LogP contribution in [-0.2, 0) is 0 Å². The highest BCUT2D eigenvalue weighted by atomic mass is 127. The summed E-state index contributed by atoms with van der Waals surface area (Å²) in [5.74, 6) is 0.670. The molecule has 0 amide bonds. The molecule has 0 saturated heterocycles. The van der Waals surface area contributed by atoms with Gasteiger partial charge in [0.25, 0.3) is 0 Å². The minimum atomic E-state index is -0.0725. The monoisotopic (exact) mass is 721 g/mol. The van der Waals surface area contributed by atoms with Gasteiger partial charge in [0, 0.05) is 45.9 Å². The van der Waals surface area contributed by atoms with E-state index in [1.54, 1.807) is 55.0 Å². The van der Waals surface area contributed by atoms with E-state index in [-0.39, 0.29) is 23.1 Å². The maximum absolute atomic E-state index is 10.6. The van der Waals surface area contributed by atoms with Gasteiger partial charge in [-0.3, -0.25) is 15.0 Å². The average Bonchev–Trinajstić information content (AvgIpc) is 2.95. The molecule has 0 radical (unpaired) electrons. The fraction of sp³-hybridized carbons (Fsp3) is 0.100. The molecule has 11 heteroatoms. The second kappa shape index (κ2) is 12.8. The SMILES string of the molecule is CC(C)Oc1c(I)cc(Cl)c2cccnc12.O.Oc1c(-c2cc(Cl)c3cccnc3c2O)cc(Cl)c2cccnc12. The van der Waals surface area contributed by atoms with E-state index < -0.39 is 0 Å². The molecule has 0 atom stereocenters. The van der Waals surface area contributed by atoms with Crippen LogP contribution in [0, 0.1) is 3.57 Å². The van der Waals surface area contributed by atoms with Gasteiger partial charge in [0.15, 0.2) is 5.75 Å². The summed E-state index contributed by atoms with van der Waals surface area (Å²) in [6.07, 6.45) is 5.01. The Labute approximate surface area is 264 Å². The molecule has 41 heavy (non-hydrogen) atoms. The first kappa shape index (κ1) is 30.8. The van der Waals surface area contributed by atoms with Crippen molar-refractivity contribution in [3.8, 4) is 28.4 Å². The van der Waals surface area contributed by atoms with Crippen molar-refractivity contribution in [3.05, 3.63) is 91.8 Å². The van der Waals surface area contributed by atoms with E-state index in [0.717, 1.165) is 20.2 Å². The zero-order valence-electron chi connectivity index (χ0n) is 21.7. The molecular weight excluding hydrogens is 700 g/mol. The minimum absolute atomic E-state index is 0. The number of benzene rings is 3. The molecule has 3 heterocycles. The number of pyridine rings is 3. The van der Waals surface area contributed by atoms with E-state index in [0.29, 0.717) is 48.0 Å². The number of ether oxygens (including phenoxy) is 1. The summed E-state index contributed by atoms with van der Waals surface area (Å²) >= 11 is 21.0. The zero-order valence-corrected chi connectivity index (χ0v) is 26.1. The van der Waals surface area contributed by atoms with E-state index in [9.17, 15) is 10.2 Å². The number of nitrogens with zero attached hydrogens (tertiary/aromatic N) is 3. The Balaban J connectivity index is 0.000000200. The first-order valence-electron chi connectivity index (χ1n) is 12.1. The molecule has 0 aliphatic heterocycles. The lowest BCUT2D eigenvalue weighted by Gasteiger charge is -2.14. The summed E-state index contributed by atoms with van der Waals surface area (Å²) in [6.45, 7) is 4.00. The summed E-state index contributed by atoms with van der Waals surface area (Å²) in [6, 6.07) is 15.9. The van der Waals surface area contributed by atoms with E-state index >= 15 is 0 Å². The van der Waals surface area contributed by atoms with Gasteiger partial charge in [0.2, 0.25) is 0 Å². The van der Waals surface area contributed by atoms with Crippen molar-refractivity contribution in [2.75, 3.05) is 0 Å². The Morgan fingerprint density at radius 3 is 1.51 bits per heavy atom. The Morgan fingerprint density at radius 2 is 1.07 bits per heavy atom. The zero-order chi connectivity index (χ0) is 28.6. The largest absolute Gasteiger partial charge is 0.505 e. The third-order valence-corrected chi connectivity index (χ3v) is 7.76. The van der Waals surface area contributed by atoms with Crippen molar-refractivity contribution < 1.29 is 20.4 Å². The first-order valence-corrected chi connectivity index (χ1v) is 14.3. The Bertz CT molecular complexity index is 1810. The summed E-state index contributed by atoms with van der Waals surface area (Å²) < 4.78 is 6.77. The van der Waals surface area contributed by atoms with Gasteiger partial charge in [-0.1, -0.05) is 34.8 Å². The molecule has 0 aliphatic carbocycles. The van der Waals surface area contributed by atoms with E-state index in [2.05, 4.69) is 37.5 Å². The number of aromatic hydroxyl groups is 2. The smallest absolute Gasteiger partial charge is 0.159 e. The molecule has 0 aliphatic rings. The molecule has 0 spiro atoms. The van der Waals surface area contributed by atoms with Crippen molar-refractivity contribution in [3.63, 3.8) is 0 Å². The van der Waals surface area contributed by atoms with Crippen LogP contribution in [0.2, 0.25) is 15.1 Å². The topological polar surface area (TPSA) is 120 Å². The lowest BCUT2D eigenvalue weighted by molar-refractivity contribution is 0.243. The number of hydrogen-bond acceptors (Lipinski definition) is 6. The molecular formula is C30H23Cl3IN3O4. The maximum atomic E-state index is 10.6. The quantitative estimate of drug-likeness (QED) is 0.177. The summed E-state index contributed by atoms with van der Waals surface area (Å²) in [7, 11) is 0. The molecule has 210 valence electrons. The number of fused-ring (bicyclic) bond motifs is 3. The lowest BCUT2D eigenvalue weighted by atomic mass is 9.99. The molecule has 4 N–H and O–H groups in total. The summed E-state index contributed by atoms with van der Waals surface area (Å²) in [5.41, 5.74) is 2.23. The fourth-order valence-corrected chi connectivity index (χ4v) is 5.94. The van der Waals surface area contributed by atoms with Gasteiger partial charge >= 0.3 is 0 Å². The Hall–Kier alpha value is -3.15. The van der Waals surface area contributed by atoms with Crippen molar-refractivity contribution >= 4 is 90.1 Å². The first-order chi connectivity index (χ1) is 19.2. The summed E-state index contributed by atoms with van der Waals surface area (Å²) in [4.78, 5) is 12.7. The van der Waals surface area contributed by atoms with Crippen LogP contribution >= 0.6 is 57.4 Å². The molecule has 3 aromatic heterocycles. The van der Waals surface area contributed by atoms with Crippen LogP contribution < -0.4 is 4.74 Å². The van der Waals surface area contributed by atoms with Crippen LogP contribution in [0.4, 0.5) is 0 Å². The second-order valence-corrected chi connectivity index (χ2v) is 11.4. The average molecular weight is 723 g/mol. The Morgan fingerprint density at radius 1 is 0.683 bits per heavy atom. The van der Waals surface area contributed by atoms with Crippen molar-refractivity contribution in [2.45, 2.75) is 20.0 Å². The predicted molar refractivity (Wildman–Crippen MR) is 175 cm³/mol. The maximum Gasteiger partial charge on any atom is 0.159 e. The normalized spacial score (nSPS) is 10.9. The predicted octanol–water partition coefficient (Wildman–Crippen LogP) is 8.62. The highest BCUT2D eigenvalue weighted by molar-refractivity contribution is 14.1. The molecule has 7 nitrogen and oxygen atoms in total. The van der Waals surface area contributed by atoms with E-state index in [1.165, 1.54) is 0 Å². The van der Waals surface area contributed by atoms with Gasteiger partial charge in [-0.15, -0.1) is 0 Å². The van der Waals surface area contributed by atoms with Crippen LogP contribution in [0.25, 0.3) is 43.8 Å². The molecule has 0 fully saturated rings. The molecule has 0 saturated carbocycles. The third kappa shape index (κ3) is 6.07. The lowest BCUT2D eigenvalue weighted by Crippen LogP contribution is -2.07. The molecule has 3 aromatic carbocycles. The number of hydrogen-bond donors (Lipinski definition) is 2. The molecule has 6 aromatic rings. The van der Waals surface area contributed by atoms with Crippen LogP contribution in [-0.4, -0.2) is 36.7 Å². The van der Waals surface area contributed by atoms with Crippen molar-refractivity contribution in [1.82, 2.24) is 15.0 Å². The third-order valence-electron chi connectivity index (χ3n) is 6.03. The Kier molecular flexibility index (Phi) is 9.61. The van der Waals surface area contributed by atoms with E-state index in [1.807, 2.05) is 32.0 Å².